The minimum atomic E-state index is -0.0292. The Morgan fingerprint density at radius 3 is 0.748 bits per heavy atom. The molecule has 3 aliphatic rings. The van der Waals surface area contributed by atoms with Gasteiger partial charge in [0.15, 0.2) is 0 Å². The third kappa shape index (κ3) is 10.1. The van der Waals surface area contributed by atoms with Crippen molar-refractivity contribution in [3.63, 3.8) is 0 Å². The largest absolute Gasteiger partial charge is 0.0619 e. The zero-order chi connectivity index (χ0) is 79.3. The van der Waals surface area contributed by atoms with Crippen molar-refractivity contribution in [3.05, 3.63) is 422 Å². The van der Waals surface area contributed by atoms with Crippen LogP contribution in [0.5, 0.6) is 0 Å². The number of hydrogen-bond donors (Lipinski definition) is 0. The van der Waals surface area contributed by atoms with Crippen molar-refractivity contribution in [2.45, 2.75) is 57.8 Å². The van der Waals surface area contributed by atoms with Gasteiger partial charge < -0.3 is 0 Å². The van der Waals surface area contributed by atoms with Gasteiger partial charge in [0, 0.05) is 16.2 Å². The van der Waals surface area contributed by atoms with Crippen molar-refractivity contribution in [3.8, 4) is 66.8 Å². The monoisotopic (exact) mass is 1510 g/mol. The lowest BCUT2D eigenvalue weighted by atomic mass is 9.81. The maximum Gasteiger partial charge on any atom is 0.0159 e. The van der Waals surface area contributed by atoms with Gasteiger partial charge in [0.05, 0.1) is 0 Å². The first kappa shape index (κ1) is 69.0. The molecule has 0 atom stereocenters. The normalized spacial score (nSPS) is 13.8. The van der Waals surface area contributed by atoms with Crippen LogP contribution >= 0.6 is 0 Å². The van der Waals surface area contributed by atoms with Crippen LogP contribution in [0.1, 0.15) is 74.9 Å². The fourth-order valence-corrected chi connectivity index (χ4v) is 22.2. The molecule has 0 saturated carbocycles. The zero-order valence-corrected chi connectivity index (χ0v) is 67.5. The summed E-state index contributed by atoms with van der Waals surface area (Å²) in [5.74, 6) is 0. The molecule has 0 N–H and O–H groups in total. The number of fused-ring (bicyclic) bond motifs is 36. The van der Waals surface area contributed by atoms with Crippen molar-refractivity contribution in [2.24, 2.45) is 0 Å². The highest BCUT2D eigenvalue weighted by Crippen LogP contribution is 2.56. The molecule has 0 saturated heterocycles. The Hall–Kier alpha value is -14.3. The number of rotatable bonds is 3. The fraction of sp³-hybridized carbons (Fsp3) is 0.0756. The summed E-state index contributed by atoms with van der Waals surface area (Å²) in [7, 11) is 0. The molecule has 0 radical (unpaired) electrons. The minimum Gasteiger partial charge on any atom is -0.0619 e. The van der Waals surface area contributed by atoms with E-state index in [1.807, 2.05) is 0 Å². The summed E-state index contributed by atoms with van der Waals surface area (Å²) >= 11 is 0. The molecule has 0 amide bonds. The van der Waals surface area contributed by atoms with E-state index in [9.17, 15) is 0 Å². The van der Waals surface area contributed by atoms with E-state index in [1.54, 1.807) is 0 Å². The second-order valence-corrected chi connectivity index (χ2v) is 35.1. The molecular formula is C119H82. The molecule has 0 heterocycles. The van der Waals surface area contributed by atoms with E-state index in [0.717, 1.165) is 0 Å². The molecule has 3 aliphatic carbocycles. The molecule has 0 nitrogen and oxygen atoms in total. The first-order chi connectivity index (χ1) is 58.3. The number of benzene rings is 23. The van der Waals surface area contributed by atoms with Crippen molar-refractivity contribution in [2.75, 3.05) is 0 Å². The topological polar surface area (TPSA) is 0 Å². The maximum absolute atomic E-state index is 2.46. The van der Waals surface area contributed by atoms with Crippen LogP contribution < -0.4 is 0 Å². The lowest BCUT2D eigenvalue weighted by molar-refractivity contribution is 0.660. The second-order valence-electron chi connectivity index (χ2n) is 35.1. The Morgan fingerprint density at radius 1 is 0.126 bits per heavy atom. The van der Waals surface area contributed by atoms with Crippen LogP contribution in [-0.2, 0) is 16.2 Å². The molecule has 0 bridgehead atoms. The van der Waals surface area contributed by atoms with E-state index in [2.05, 4.69) is 430 Å². The Labute approximate surface area is 692 Å². The molecule has 558 valence electrons. The third-order valence-electron chi connectivity index (χ3n) is 27.9. The van der Waals surface area contributed by atoms with Crippen molar-refractivity contribution < 1.29 is 0 Å². The van der Waals surface area contributed by atoms with Crippen LogP contribution in [0.2, 0.25) is 0 Å². The van der Waals surface area contributed by atoms with Gasteiger partial charge in [-0.15, -0.1) is 0 Å². The van der Waals surface area contributed by atoms with Crippen LogP contribution in [0.4, 0.5) is 0 Å². The molecule has 0 aliphatic heterocycles. The Bertz CT molecular complexity index is 8190. The zero-order valence-electron chi connectivity index (χ0n) is 67.5. The highest BCUT2D eigenvalue weighted by Gasteiger charge is 2.39. The molecule has 0 heteroatoms. The molecule has 0 fully saturated rings. The Kier molecular flexibility index (Phi) is 15.0. The average molecular weight is 1510 g/mol. The fourth-order valence-electron chi connectivity index (χ4n) is 22.2. The van der Waals surface area contributed by atoms with E-state index in [-0.39, 0.29) is 16.2 Å². The summed E-state index contributed by atoms with van der Waals surface area (Å²) in [5.41, 5.74) is 24.4. The molecule has 0 spiro atoms. The molecule has 0 aromatic heterocycles. The predicted octanol–water partition coefficient (Wildman–Crippen LogP) is 33.1. The Balaban J connectivity index is 0.000000102. The van der Waals surface area contributed by atoms with E-state index >= 15 is 0 Å². The second kappa shape index (κ2) is 25.8. The summed E-state index contributed by atoms with van der Waals surface area (Å²) in [4.78, 5) is 0. The third-order valence-corrected chi connectivity index (χ3v) is 27.9. The highest BCUT2D eigenvalue weighted by molar-refractivity contribution is 6.38. The number of hydrogen-bond acceptors (Lipinski definition) is 0. The molecule has 23 aromatic rings. The lowest BCUT2D eigenvalue weighted by Gasteiger charge is -2.22. The van der Waals surface area contributed by atoms with Crippen molar-refractivity contribution >= 4 is 151 Å². The molecule has 23 aromatic carbocycles. The van der Waals surface area contributed by atoms with Crippen LogP contribution in [-0.4, -0.2) is 0 Å². The van der Waals surface area contributed by atoms with Gasteiger partial charge >= 0.3 is 0 Å². The quantitative estimate of drug-likeness (QED) is 0.122. The van der Waals surface area contributed by atoms with E-state index in [4.69, 9.17) is 0 Å². The van der Waals surface area contributed by atoms with E-state index in [1.165, 1.54) is 251 Å². The maximum atomic E-state index is 2.46. The molecule has 0 unspecified atom stereocenters. The van der Waals surface area contributed by atoms with Gasteiger partial charge in [0.25, 0.3) is 0 Å². The highest BCUT2D eigenvalue weighted by atomic mass is 14.4. The van der Waals surface area contributed by atoms with Crippen LogP contribution in [0, 0.1) is 0 Å². The van der Waals surface area contributed by atoms with Crippen molar-refractivity contribution in [1.82, 2.24) is 0 Å². The van der Waals surface area contributed by atoms with Crippen LogP contribution in [0.25, 0.3) is 218 Å². The van der Waals surface area contributed by atoms with Gasteiger partial charge in [-0.2, -0.15) is 0 Å². The summed E-state index contributed by atoms with van der Waals surface area (Å²) in [6.45, 7) is 14.2. The van der Waals surface area contributed by atoms with Gasteiger partial charge in [-0.25, -0.2) is 0 Å². The van der Waals surface area contributed by atoms with E-state index < -0.39 is 0 Å². The van der Waals surface area contributed by atoms with E-state index in [0.29, 0.717) is 0 Å². The van der Waals surface area contributed by atoms with Crippen LogP contribution in [0.15, 0.2) is 388 Å². The average Bonchev–Trinajstić information content (AvgIpc) is 1.62. The molecule has 26 rings (SSSR count). The smallest absolute Gasteiger partial charge is 0.0159 e. The van der Waals surface area contributed by atoms with Gasteiger partial charge in [0.2, 0.25) is 0 Å². The lowest BCUT2D eigenvalue weighted by Crippen LogP contribution is -2.14. The van der Waals surface area contributed by atoms with Gasteiger partial charge in [0.1, 0.15) is 0 Å². The molecule has 119 heavy (non-hydrogen) atoms. The van der Waals surface area contributed by atoms with Gasteiger partial charge in [-0.1, -0.05) is 381 Å². The summed E-state index contributed by atoms with van der Waals surface area (Å²) < 4.78 is 0. The standard InChI is InChI=1S/2C41H28.C37H26/c1-41(2)37-18-10-9-15-30(37)31-21-20-26(23-38(31)41)35-24-36-29-14-6-8-17-33(29)39-27-12-4-3-11-25(27)19-22-34(39)40(36)32-16-7-5-13-28(32)35;1-41(2)38-18-10-9-16-31(38)32-20-19-27(23-39(32)41)34-24-37-29-14-6-5-13-28(29)35-21-25-11-3-4-12-26(25)22-36(35)40(37)33-17-8-7-15-30(33)34;1-37(2)34-18-10-9-15-28(34)29-20-19-23(21-35(29)37)32-22-33-26-13-4-3-11-24(26)25-12-5-7-16-30(25)36(33)31-17-8-6-14-27(31)32/h2*3-24H,1-2H3;3-22H,1-2H3. The molecular weight excluding hydrogens is 1430 g/mol. The van der Waals surface area contributed by atoms with Crippen molar-refractivity contribution in [1.29, 1.82) is 0 Å². The van der Waals surface area contributed by atoms with Gasteiger partial charge in [-0.05, 0) is 299 Å². The first-order valence-corrected chi connectivity index (χ1v) is 42.2. The SMILES string of the molecule is CC1(C)c2ccccc2-c2ccc(-c3cc4c5ccccc5c5c6ccccc6ccc5c4c4ccccc34)cc21.CC1(C)c2ccccc2-c2ccc(-c3cc4c5ccccc5c5cc6ccccc6cc5c4c4ccccc34)cc21.CC1(C)c2ccccc2-c2ccc(-c3cc4c5ccccc5c5ccccc5c4c4ccccc34)cc21. The summed E-state index contributed by atoms with van der Waals surface area (Å²) in [6.07, 6.45) is 0. The summed E-state index contributed by atoms with van der Waals surface area (Å²) in [6, 6.07) is 145. The Morgan fingerprint density at radius 2 is 0.361 bits per heavy atom. The summed E-state index contributed by atoms with van der Waals surface area (Å²) in [5, 5.41) is 36.9. The van der Waals surface area contributed by atoms with Gasteiger partial charge in [-0.3, -0.25) is 0 Å². The first-order valence-electron chi connectivity index (χ1n) is 42.2. The predicted molar refractivity (Wildman–Crippen MR) is 513 cm³/mol. The minimum absolute atomic E-state index is 0.0164. The van der Waals surface area contributed by atoms with Crippen LogP contribution in [0.3, 0.4) is 0 Å².